The second-order valence-corrected chi connectivity index (χ2v) is 17.4. The molecule has 58 heavy (non-hydrogen) atoms. The Morgan fingerprint density at radius 1 is 0.431 bits per heavy atom. The quantitative estimate of drug-likeness (QED) is 0.0364. The van der Waals surface area contributed by atoms with E-state index in [9.17, 15) is 20.1 Å². The van der Waals surface area contributed by atoms with Gasteiger partial charge in [0.15, 0.2) is 0 Å². The molecular weight excluding hydrogens is 715 g/mol. The normalized spacial score (nSPS) is 13.8. The summed E-state index contributed by atoms with van der Waals surface area (Å²) in [6.45, 7) is 4.17. The summed E-state index contributed by atoms with van der Waals surface area (Å²) >= 11 is 0. The van der Waals surface area contributed by atoms with E-state index < -0.39 is 18.2 Å². The minimum absolute atomic E-state index is 0.00255. The van der Waals surface area contributed by atoms with Gasteiger partial charge in [-0.15, -0.1) is 0 Å². The molecule has 4 N–H and O–H groups in total. The molecule has 0 spiro atoms. The number of hydrogen-bond donors (Lipinski definition) is 4. The van der Waals surface area contributed by atoms with Crippen molar-refractivity contribution in [2.24, 2.45) is 0 Å². The third-order valence-electron chi connectivity index (χ3n) is 11.6. The highest BCUT2D eigenvalue weighted by Gasteiger charge is 2.20. The van der Waals surface area contributed by atoms with E-state index in [0.29, 0.717) is 6.42 Å². The first kappa shape index (κ1) is 56.3. The molecule has 0 aromatic heterocycles. The summed E-state index contributed by atoms with van der Waals surface area (Å²) in [6, 6.07) is -0.767. The van der Waals surface area contributed by atoms with E-state index in [4.69, 9.17) is 0 Å². The molecule has 1 amide bonds. The number of rotatable bonds is 46. The van der Waals surface area contributed by atoms with Gasteiger partial charge in [0.05, 0.1) is 31.3 Å². The van der Waals surface area contributed by atoms with Crippen molar-refractivity contribution in [1.29, 1.82) is 0 Å². The largest absolute Gasteiger partial charge is 0.394 e. The molecule has 340 valence electrons. The SMILES string of the molecule is CCCCC/C=C/CC/C=C/CC/C=C/C(O)C(CO)NC(=O)CC(O)CCCCCCCCCCCCCCCC/C=C\CCCCCCCCCCCCCC. The number of aliphatic hydroxyl groups is 3. The molecule has 0 saturated carbocycles. The zero-order valence-electron chi connectivity index (χ0n) is 38.7. The van der Waals surface area contributed by atoms with Gasteiger partial charge in [0.1, 0.15) is 0 Å². The number of unbranched alkanes of at least 4 members (excludes halogenated alkanes) is 31. The van der Waals surface area contributed by atoms with E-state index in [1.54, 1.807) is 6.08 Å². The van der Waals surface area contributed by atoms with E-state index in [1.807, 2.05) is 6.08 Å². The first-order valence-electron chi connectivity index (χ1n) is 25.4. The molecular formula is C53H99NO4. The van der Waals surface area contributed by atoms with Gasteiger partial charge in [0, 0.05) is 0 Å². The van der Waals surface area contributed by atoms with Crippen molar-refractivity contribution in [3.63, 3.8) is 0 Å². The number of hydrogen-bond acceptors (Lipinski definition) is 4. The fourth-order valence-electron chi connectivity index (χ4n) is 7.66. The Kier molecular flexibility index (Phi) is 46.6. The Bertz CT molecular complexity index is 943. The smallest absolute Gasteiger partial charge is 0.222 e. The zero-order valence-corrected chi connectivity index (χ0v) is 38.7. The molecule has 0 fully saturated rings. The number of aliphatic hydroxyl groups excluding tert-OH is 3. The van der Waals surface area contributed by atoms with Gasteiger partial charge < -0.3 is 20.6 Å². The summed E-state index contributed by atoms with van der Waals surface area (Å²) in [5, 5.41) is 33.2. The van der Waals surface area contributed by atoms with E-state index in [2.05, 4.69) is 55.6 Å². The van der Waals surface area contributed by atoms with Gasteiger partial charge in [-0.3, -0.25) is 4.79 Å². The van der Waals surface area contributed by atoms with Crippen molar-refractivity contribution in [2.45, 2.75) is 276 Å². The second-order valence-electron chi connectivity index (χ2n) is 17.4. The molecule has 0 radical (unpaired) electrons. The van der Waals surface area contributed by atoms with Crippen LogP contribution in [-0.4, -0.2) is 46.1 Å². The Hall–Kier alpha value is -1.69. The fourth-order valence-corrected chi connectivity index (χ4v) is 7.66. The number of allylic oxidation sites excluding steroid dienone is 7. The van der Waals surface area contributed by atoms with Crippen LogP contribution in [0.15, 0.2) is 48.6 Å². The van der Waals surface area contributed by atoms with Crippen molar-refractivity contribution in [2.75, 3.05) is 6.61 Å². The number of carbonyl (C=O) groups is 1. The van der Waals surface area contributed by atoms with Crippen LogP contribution in [-0.2, 0) is 4.79 Å². The minimum atomic E-state index is -0.959. The predicted molar refractivity (Wildman–Crippen MR) is 254 cm³/mol. The molecule has 0 heterocycles. The molecule has 5 heteroatoms. The van der Waals surface area contributed by atoms with Crippen molar-refractivity contribution in [3.8, 4) is 0 Å². The van der Waals surface area contributed by atoms with Gasteiger partial charge in [0.2, 0.25) is 5.91 Å². The van der Waals surface area contributed by atoms with Crippen molar-refractivity contribution < 1.29 is 20.1 Å². The van der Waals surface area contributed by atoms with Crippen LogP contribution in [0.25, 0.3) is 0 Å². The molecule has 5 nitrogen and oxygen atoms in total. The molecule has 0 rings (SSSR count). The first-order valence-corrected chi connectivity index (χ1v) is 25.4. The van der Waals surface area contributed by atoms with Gasteiger partial charge in [-0.1, -0.05) is 229 Å². The van der Waals surface area contributed by atoms with E-state index >= 15 is 0 Å². The highest BCUT2D eigenvalue weighted by Crippen LogP contribution is 2.16. The lowest BCUT2D eigenvalue weighted by Gasteiger charge is -2.21. The average Bonchev–Trinajstić information content (AvgIpc) is 3.22. The number of nitrogens with one attached hydrogen (secondary N) is 1. The van der Waals surface area contributed by atoms with Crippen LogP contribution in [0.4, 0.5) is 0 Å². The van der Waals surface area contributed by atoms with Crippen LogP contribution in [0.1, 0.15) is 258 Å². The van der Waals surface area contributed by atoms with Crippen molar-refractivity contribution in [3.05, 3.63) is 48.6 Å². The highest BCUT2D eigenvalue weighted by atomic mass is 16.3. The third kappa shape index (κ3) is 43.9. The summed E-state index contributed by atoms with van der Waals surface area (Å²) in [6.07, 6.45) is 62.9. The van der Waals surface area contributed by atoms with Crippen LogP contribution in [0.5, 0.6) is 0 Å². The highest BCUT2D eigenvalue weighted by molar-refractivity contribution is 5.76. The summed E-state index contributed by atoms with van der Waals surface area (Å²) in [7, 11) is 0. The van der Waals surface area contributed by atoms with Gasteiger partial charge in [-0.25, -0.2) is 0 Å². The van der Waals surface area contributed by atoms with Crippen LogP contribution in [0.3, 0.4) is 0 Å². The Balaban J connectivity index is 3.56. The Labute approximate surface area is 361 Å². The maximum Gasteiger partial charge on any atom is 0.222 e. The van der Waals surface area contributed by atoms with E-state index in [1.165, 1.54) is 193 Å². The molecule has 3 atom stereocenters. The summed E-state index contributed by atoms with van der Waals surface area (Å²) in [5.41, 5.74) is 0. The Morgan fingerprint density at radius 3 is 1.14 bits per heavy atom. The number of carbonyl (C=O) groups excluding carboxylic acids is 1. The van der Waals surface area contributed by atoms with Crippen LogP contribution < -0.4 is 5.32 Å². The van der Waals surface area contributed by atoms with Gasteiger partial charge in [-0.2, -0.15) is 0 Å². The third-order valence-corrected chi connectivity index (χ3v) is 11.6. The summed E-state index contributed by atoms with van der Waals surface area (Å²) in [4.78, 5) is 12.4. The molecule has 0 aliphatic rings. The second kappa shape index (κ2) is 48.0. The lowest BCUT2D eigenvalue weighted by Crippen LogP contribution is -2.45. The fraction of sp³-hybridized carbons (Fsp3) is 0.830. The standard InChI is InChI=1S/C53H99NO4/c1-3-5-7-9-11-13-15-17-18-19-20-21-22-23-24-25-26-27-28-29-30-31-32-33-35-36-38-40-42-44-46-50(56)48-53(58)54-51(49-55)52(57)47-45-43-41-39-37-34-16-14-12-10-8-6-4-2/h12,14,23-24,37,39,45,47,50-52,55-57H,3-11,13,15-22,25-36,38,40-44,46,48-49H2,1-2H3,(H,54,58)/b14-12+,24-23-,39-37+,47-45+. The average molecular weight is 814 g/mol. The van der Waals surface area contributed by atoms with Crippen molar-refractivity contribution in [1.82, 2.24) is 5.32 Å². The van der Waals surface area contributed by atoms with E-state index in [0.717, 1.165) is 38.5 Å². The molecule has 0 saturated heterocycles. The summed E-state index contributed by atoms with van der Waals surface area (Å²) in [5.74, 6) is -0.329. The molecule has 0 bridgehead atoms. The van der Waals surface area contributed by atoms with Gasteiger partial charge in [-0.05, 0) is 70.6 Å². The lowest BCUT2D eigenvalue weighted by molar-refractivity contribution is -0.124. The molecule has 3 unspecified atom stereocenters. The molecule has 0 aliphatic carbocycles. The molecule has 0 aromatic carbocycles. The maximum absolute atomic E-state index is 12.4. The topological polar surface area (TPSA) is 89.8 Å². The van der Waals surface area contributed by atoms with Crippen LogP contribution in [0.2, 0.25) is 0 Å². The first-order chi connectivity index (χ1) is 28.5. The monoisotopic (exact) mass is 814 g/mol. The Morgan fingerprint density at radius 2 is 0.741 bits per heavy atom. The minimum Gasteiger partial charge on any atom is -0.394 e. The zero-order chi connectivity index (χ0) is 42.3. The maximum atomic E-state index is 12.4. The van der Waals surface area contributed by atoms with Crippen LogP contribution in [0, 0.1) is 0 Å². The van der Waals surface area contributed by atoms with Gasteiger partial charge >= 0.3 is 0 Å². The predicted octanol–water partition coefficient (Wildman–Crippen LogP) is 15.3. The number of amides is 1. The molecule has 0 aliphatic heterocycles. The van der Waals surface area contributed by atoms with Gasteiger partial charge in [0.25, 0.3) is 0 Å². The van der Waals surface area contributed by atoms with E-state index in [-0.39, 0.29) is 18.9 Å². The van der Waals surface area contributed by atoms with Crippen molar-refractivity contribution >= 4 is 5.91 Å². The lowest BCUT2D eigenvalue weighted by atomic mass is 10.0. The summed E-state index contributed by atoms with van der Waals surface area (Å²) < 4.78 is 0. The van der Waals surface area contributed by atoms with Crippen LogP contribution >= 0.6 is 0 Å². The molecule has 0 aromatic rings.